The molecule has 0 aliphatic rings. The molecule has 0 bridgehead atoms. The molecule has 0 aliphatic carbocycles. The molecule has 0 fully saturated rings. The molecule has 0 spiro atoms. The minimum Gasteiger partial charge on any atom is -0.493 e. The van der Waals surface area contributed by atoms with E-state index >= 15 is 0 Å². The number of amides is 2. The van der Waals surface area contributed by atoms with Crippen molar-refractivity contribution >= 4 is 11.8 Å². The van der Waals surface area contributed by atoms with Crippen LogP contribution in [0.4, 0.5) is 0 Å². The maximum absolute atomic E-state index is 12.8. The molecule has 0 unspecified atom stereocenters. The van der Waals surface area contributed by atoms with Gasteiger partial charge in [-0.15, -0.1) is 0 Å². The Kier molecular flexibility index (Phi) is 7.58. The standard InChI is InChI=1S/C22H28N2O4/c1-5-11-28-20-10-9-17(13-19(20)14-25)16-7-6-8-18(12-16)22(27)24(4)15(2)21(26)23-3/h6-10,12-13,15,25H,5,11,14H2,1-4H3,(H,23,26)/t15-/m0/s1. The molecular weight excluding hydrogens is 356 g/mol. The van der Waals surface area contributed by atoms with E-state index in [1.165, 1.54) is 4.90 Å². The summed E-state index contributed by atoms with van der Waals surface area (Å²) in [7, 11) is 3.16. The molecule has 1 atom stereocenters. The number of likely N-dealkylation sites (N-methyl/N-ethyl adjacent to an activating group) is 2. The Morgan fingerprint density at radius 2 is 1.89 bits per heavy atom. The topological polar surface area (TPSA) is 78.9 Å². The number of benzene rings is 2. The highest BCUT2D eigenvalue weighted by atomic mass is 16.5. The third-order valence-corrected chi connectivity index (χ3v) is 4.66. The van der Waals surface area contributed by atoms with E-state index in [1.807, 2.05) is 31.2 Å². The van der Waals surface area contributed by atoms with Gasteiger partial charge < -0.3 is 20.1 Å². The molecule has 0 saturated heterocycles. The number of nitrogens with one attached hydrogen (secondary N) is 1. The lowest BCUT2D eigenvalue weighted by Crippen LogP contribution is -2.44. The molecule has 0 aromatic heterocycles. The van der Waals surface area contributed by atoms with Gasteiger partial charge in [-0.05, 0) is 48.7 Å². The van der Waals surface area contributed by atoms with Crippen LogP contribution in [0.15, 0.2) is 42.5 Å². The van der Waals surface area contributed by atoms with Crippen LogP contribution >= 0.6 is 0 Å². The van der Waals surface area contributed by atoms with Crippen LogP contribution in [0.3, 0.4) is 0 Å². The minimum absolute atomic E-state index is 0.127. The monoisotopic (exact) mass is 384 g/mol. The van der Waals surface area contributed by atoms with E-state index in [0.717, 1.165) is 17.5 Å². The van der Waals surface area contributed by atoms with E-state index in [0.29, 0.717) is 23.5 Å². The fourth-order valence-electron chi connectivity index (χ4n) is 2.83. The van der Waals surface area contributed by atoms with Gasteiger partial charge >= 0.3 is 0 Å². The van der Waals surface area contributed by atoms with Crippen molar-refractivity contribution in [1.82, 2.24) is 10.2 Å². The van der Waals surface area contributed by atoms with Gasteiger partial charge in [-0.2, -0.15) is 0 Å². The van der Waals surface area contributed by atoms with Crippen molar-refractivity contribution in [3.05, 3.63) is 53.6 Å². The SMILES string of the molecule is CCCOc1ccc(-c2cccc(C(=O)N(C)[C@@H](C)C(=O)NC)c2)cc1CO. The zero-order valence-electron chi connectivity index (χ0n) is 16.9. The summed E-state index contributed by atoms with van der Waals surface area (Å²) in [5, 5.41) is 12.2. The van der Waals surface area contributed by atoms with Gasteiger partial charge in [0.15, 0.2) is 0 Å². The highest BCUT2D eigenvalue weighted by Crippen LogP contribution is 2.28. The molecule has 6 nitrogen and oxygen atoms in total. The molecule has 2 N–H and O–H groups in total. The molecule has 28 heavy (non-hydrogen) atoms. The lowest BCUT2D eigenvalue weighted by atomic mass is 10.00. The second-order valence-corrected chi connectivity index (χ2v) is 6.62. The van der Waals surface area contributed by atoms with Gasteiger partial charge in [-0.1, -0.05) is 25.1 Å². The van der Waals surface area contributed by atoms with Crippen LogP contribution in [0.5, 0.6) is 5.75 Å². The van der Waals surface area contributed by atoms with Crippen molar-refractivity contribution < 1.29 is 19.4 Å². The maximum Gasteiger partial charge on any atom is 0.254 e. The maximum atomic E-state index is 12.8. The summed E-state index contributed by atoms with van der Waals surface area (Å²) in [6.45, 7) is 4.17. The van der Waals surface area contributed by atoms with Gasteiger partial charge in [0.25, 0.3) is 5.91 Å². The predicted molar refractivity (Wildman–Crippen MR) is 109 cm³/mol. The van der Waals surface area contributed by atoms with Gasteiger partial charge in [0.2, 0.25) is 5.91 Å². The molecule has 2 aromatic carbocycles. The Hall–Kier alpha value is -2.86. The number of carbonyl (C=O) groups is 2. The Morgan fingerprint density at radius 1 is 1.18 bits per heavy atom. The van der Waals surface area contributed by atoms with E-state index < -0.39 is 6.04 Å². The van der Waals surface area contributed by atoms with Gasteiger partial charge in [0.05, 0.1) is 13.2 Å². The zero-order chi connectivity index (χ0) is 20.7. The van der Waals surface area contributed by atoms with E-state index in [1.54, 1.807) is 39.2 Å². The zero-order valence-corrected chi connectivity index (χ0v) is 16.9. The first-order valence-corrected chi connectivity index (χ1v) is 9.38. The van der Waals surface area contributed by atoms with Gasteiger partial charge in [-0.25, -0.2) is 0 Å². The van der Waals surface area contributed by atoms with Gasteiger partial charge in [-0.3, -0.25) is 9.59 Å². The average Bonchev–Trinajstić information content (AvgIpc) is 2.75. The average molecular weight is 384 g/mol. The van der Waals surface area contributed by atoms with Crippen LogP contribution < -0.4 is 10.1 Å². The first-order valence-electron chi connectivity index (χ1n) is 9.38. The molecule has 2 aromatic rings. The quantitative estimate of drug-likeness (QED) is 0.734. The summed E-state index contributed by atoms with van der Waals surface area (Å²) in [5.74, 6) is 0.213. The van der Waals surface area contributed by atoms with Crippen LogP contribution in [0.2, 0.25) is 0 Å². The van der Waals surface area contributed by atoms with Gasteiger partial charge in [0.1, 0.15) is 11.8 Å². The number of rotatable bonds is 8. The normalized spacial score (nSPS) is 11.6. The third-order valence-electron chi connectivity index (χ3n) is 4.66. The van der Waals surface area contributed by atoms with E-state index in [4.69, 9.17) is 4.74 Å². The smallest absolute Gasteiger partial charge is 0.254 e. The Bertz CT molecular complexity index is 835. The van der Waals surface area contributed by atoms with Crippen LogP contribution in [0, 0.1) is 0 Å². The van der Waals surface area contributed by atoms with Crippen molar-refractivity contribution in [2.75, 3.05) is 20.7 Å². The molecular formula is C22H28N2O4. The second kappa shape index (κ2) is 9.90. The molecule has 6 heteroatoms. The number of ether oxygens (including phenoxy) is 1. The molecule has 0 heterocycles. The van der Waals surface area contributed by atoms with E-state index in [-0.39, 0.29) is 18.4 Å². The van der Waals surface area contributed by atoms with Crippen LogP contribution in [0.25, 0.3) is 11.1 Å². The van der Waals surface area contributed by atoms with E-state index in [2.05, 4.69) is 5.32 Å². The van der Waals surface area contributed by atoms with E-state index in [9.17, 15) is 14.7 Å². The van der Waals surface area contributed by atoms with Gasteiger partial charge in [0, 0.05) is 25.2 Å². The Balaban J connectivity index is 2.30. The number of aliphatic hydroxyl groups is 1. The van der Waals surface area contributed by atoms with Crippen molar-refractivity contribution in [1.29, 1.82) is 0 Å². The Labute approximate surface area is 166 Å². The summed E-state index contributed by atoms with van der Waals surface area (Å²) in [5.41, 5.74) is 2.92. The van der Waals surface area contributed by atoms with Crippen LogP contribution in [0.1, 0.15) is 36.2 Å². The lowest BCUT2D eigenvalue weighted by Gasteiger charge is -2.23. The number of aliphatic hydroxyl groups excluding tert-OH is 1. The number of nitrogens with zero attached hydrogens (tertiary/aromatic N) is 1. The molecule has 0 saturated carbocycles. The first-order chi connectivity index (χ1) is 13.4. The fraction of sp³-hybridized carbons (Fsp3) is 0.364. The molecule has 2 rings (SSSR count). The molecule has 0 radical (unpaired) electrons. The first kappa shape index (κ1) is 21.4. The number of hydrogen-bond donors (Lipinski definition) is 2. The summed E-state index contributed by atoms with van der Waals surface area (Å²) in [4.78, 5) is 26.0. The summed E-state index contributed by atoms with van der Waals surface area (Å²) in [6, 6.07) is 12.3. The molecule has 2 amide bonds. The Morgan fingerprint density at radius 3 is 2.54 bits per heavy atom. The molecule has 0 aliphatic heterocycles. The lowest BCUT2D eigenvalue weighted by molar-refractivity contribution is -0.124. The van der Waals surface area contributed by atoms with Crippen LogP contribution in [-0.4, -0.2) is 48.6 Å². The third kappa shape index (κ3) is 4.89. The van der Waals surface area contributed by atoms with Crippen molar-refractivity contribution in [2.24, 2.45) is 0 Å². The van der Waals surface area contributed by atoms with Crippen molar-refractivity contribution in [3.63, 3.8) is 0 Å². The fourth-order valence-corrected chi connectivity index (χ4v) is 2.83. The highest BCUT2D eigenvalue weighted by molar-refractivity contribution is 5.98. The number of hydrogen-bond acceptors (Lipinski definition) is 4. The molecule has 150 valence electrons. The highest BCUT2D eigenvalue weighted by Gasteiger charge is 2.22. The summed E-state index contributed by atoms with van der Waals surface area (Å²) in [6.07, 6.45) is 0.888. The van der Waals surface area contributed by atoms with Crippen molar-refractivity contribution in [3.8, 4) is 16.9 Å². The predicted octanol–water partition coefficient (Wildman–Crippen LogP) is 2.84. The second-order valence-electron chi connectivity index (χ2n) is 6.62. The minimum atomic E-state index is -0.572. The summed E-state index contributed by atoms with van der Waals surface area (Å²) >= 11 is 0. The van der Waals surface area contributed by atoms with Crippen molar-refractivity contribution in [2.45, 2.75) is 32.9 Å². The van der Waals surface area contributed by atoms with Crippen LogP contribution in [-0.2, 0) is 11.4 Å². The number of carbonyl (C=O) groups excluding carboxylic acids is 2. The largest absolute Gasteiger partial charge is 0.493 e. The summed E-state index contributed by atoms with van der Waals surface area (Å²) < 4.78 is 5.66.